The van der Waals surface area contributed by atoms with Crippen molar-refractivity contribution in [1.29, 1.82) is 0 Å². The van der Waals surface area contributed by atoms with E-state index in [-0.39, 0.29) is 5.56 Å². The molecule has 0 saturated carbocycles. The molecule has 1 aliphatic heterocycles. The largest absolute Gasteiger partial charge is 0.456 e. The topological polar surface area (TPSA) is 38.1 Å². The van der Waals surface area contributed by atoms with Crippen LogP contribution in [0.1, 0.15) is 15.2 Å². The lowest BCUT2D eigenvalue weighted by molar-refractivity contribution is 0.669. The third-order valence-electron chi connectivity index (χ3n) is 6.76. The van der Waals surface area contributed by atoms with Crippen LogP contribution in [0.15, 0.2) is 95.5 Å². The third-order valence-corrected chi connectivity index (χ3v) is 6.76. The van der Waals surface area contributed by atoms with Crippen LogP contribution in [0.3, 0.4) is 0 Å². The number of rotatable bonds is 1. The van der Waals surface area contributed by atoms with Crippen molar-refractivity contribution in [1.82, 2.24) is 4.98 Å². The lowest BCUT2D eigenvalue weighted by Crippen LogP contribution is -2.02. The van der Waals surface area contributed by atoms with Crippen LogP contribution in [0, 0.1) is 13.8 Å². The highest BCUT2D eigenvalue weighted by molar-refractivity contribution is 6.17. The molecule has 1 N–H and O–H groups in total. The van der Waals surface area contributed by atoms with E-state index < -0.39 is 6.85 Å². The summed E-state index contributed by atoms with van der Waals surface area (Å²) in [7, 11) is 0. The number of fused-ring (bicyclic) bond motifs is 10. The average molecular weight is 442 g/mol. The minimum Gasteiger partial charge on any atom is -0.456 e. The molecule has 0 fully saturated rings. The standard InChI is InChI=1S/C31H22N2O/c1-18-11-13-25(32-17-18)20-12-14-27-24(15-20)30-19(2)23(21-7-3-5-9-26(21)33-27)16-29-31(30)22-8-4-6-10-28(22)34-29/h3-17,33H,1-2H3/i1D3. The Morgan fingerprint density at radius 1 is 0.794 bits per heavy atom. The number of para-hydroxylation sites is 2. The van der Waals surface area contributed by atoms with E-state index in [9.17, 15) is 0 Å². The highest BCUT2D eigenvalue weighted by Crippen LogP contribution is 2.49. The second-order valence-electron chi connectivity index (χ2n) is 8.76. The predicted octanol–water partition coefficient (Wildman–Crippen LogP) is 8.66. The van der Waals surface area contributed by atoms with Gasteiger partial charge in [-0.1, -0.05) is 48.5 Å². The van der Waals surface area contributed by atoms with Gasteiger partial charge in [0, 0.05) is 49.1 Å². The van der Waals surface area contributed by atoms with Gasteiger partial charge in [0.15, 0.2) is 0 Å². The van der Waals surface area contributed by atoms with Crippen molar-refractivity contribution in [2.24, 2.45) is 0 Å². The lowest BCUT2D eigenvalue weighted by atomic mass is 9.85. The maximum Gasteiger partial charge on any atom is 0.136 e. The van der Waals surface area contributed by atoms with Crippen LogP contribution in [0.2, 0.25) is 0 Å². The van der Waals surface area contributed by atoms with Crippen LogP contribution in [0.5, 0.6) is 0 Å². The Morgan fingerprint density at radius 3 is 2.53 bits per heavy atom. The van der Waals surface area contributed by atoms with E-state index in [1.54, 1.807) is 12.1 Å². The van der Waals surface area contributed by atoms with Gasteiger partial charge in [-0.2, -0.15) is 0 Å². The number of benzene rings is 4. The number of anilines is 2. The van der Waals surface area contributed by atoms with Crippen molar-refractivity contribution in [2.45, 2.75) is 13.8 Å². The van der Waals surface area contributed by atoms with Crippen LogP contribution >= 0.6 is 0 Å². The Hall–Kier alpha value is -4.37. The van der Waals surface area contributed by atoms with Crippen LogP contribution in [-0.4, -0.2) is 4.98 Å². The first-order valence-corrected chi connectivity index (χ1v) is 11.3. The molecule has 0 spiro atoms. The molecule has 0 unspecified atom stereocenters. The molecule has 0 aliphatic carbocycles. The summed E-state index contributed by atoms with van der Waals surface area (Å²) in [4.78, 5) is 4.50. The summed E-state index contributed by atoms with van der Waals surface area (Å²) in [5.41, 5.74) is 11.2. The Balaban J connectivity index is 1.54. The van der Waals surface area contributed by atoms with E-state index in [1.807, 2.05) is 30.3 Å². The average Bonchev–Trinajstić information content (AvgIpc) is 3.27. The molecule has 2 aromatic heterocycles. The van der Waals surface area contributed by atoms with Crippen molar-refractivity contribution in [3.63, 3.8) is 0 Å². The van der Waals surface area contributed by atoms with Gasteiger partial charge < -0.3 is 9.73 Å². The van der Waals surface area contributed by atoms with Gasteiger partial charge in [-0.3, -0.25) is 4.98 Å². The van der Waals surface area contributed by atoms with E-state index in [1.165, 1.54) is 11.8 Å². The van der Waals surface area contributed by atoms with Gasteiger partial charge in [-0.05, 0) is 72.4 Å². The fraction of sp³-hybridized carbons (Fsp3) is 0.0645. The number of furan rings is 1. The van der Waals surface area contributed by atoms with E-state index >= 15 is 0 Å². The molecule has 3 heterocycles. The molecular weight excluding hydrogens is 416 g/mol. The molecule has 2 bridgehead atoms. The highest BCUT2D eigenvalue weighted by Gasteiger charge is 2.24. The number of aromatic nitrogens is 1. The smallest absolute Gasteiger partial charge is 0.136 e. The van der Waals surface area contributed by atoms with Crippen LogP contribution in [0.25, 0.3) is 55.4 Å². The van der Waals surface area contributed by atoms with Crippen molar-refractivity contribution in [3.05, 3.63) is 102 Å². The molecule has 0 amide bonds. The summed E-state index contributed by atoms with van der Waals surface area (Å²) < 4.78 is 29.3. The SMILES string of the molecule is [2H]C([2H])([2H])c1ccc(-c2ccc3c(c2)-c2c(C)c(cc4oc5ccccc5c24)-c2ccccc2N3)nc1. The van der Waals surface area contributed by atoms with Gasteiger partial charge in [0.1, 0.15) is 11.2 Å². The fourth-order valence-electron chi connectivity index (χ4n) is 5.16. The second kappa shape index (κ2) is 7.06. The van der Waals surface area contributed by atoms with Crippen molar-refractivity contribution >= 4 is 33.3 Å². The molecule has 34 heavy (non-hydrogen) atoms. The number of nitrogens with one attached hydrogen (secondary N) is 1. The van der Waals surface area contributed by atoms with Crippen molar-refractivity contribution in [2.75, 3.05) is 5.32 Å². The first kappa shape index (κ1) is 16.3. The Kier molecular flexibility index (Phi) is 3.38. The zero-order valence-corrected chi connectivity index (χ0v) is 18.5. The van der Waals surface area contributed by atoms with Gasteiger partial charge in [-0.15, -0.1) is 0 Å². The molecule has 3 heteroatoms. The molecule has 3 nitrogen and oxygen atoms in total. The molecule has 6 aromatic rings. The summed E-state index contributed by atoms with van der Waals surface area (Å²) in [5.74, 6) is 0. The Labute approximate surface area is 201 Å². The normalized spacial score (nSPS) is 13.7. The zero-order valence-electron chi connectivity index (χ0n) is 21.5. The maximum atomic E-state index is 7.66. The lowest BCUT2D eigenvalue weighted by Gasteiger charge is -2.24. The van der Waals surface area contributed by atoms with E-state index in [2.05, 4.69) is 59.7 Å². The first-order chi connectivity index (χ1) is 17.9. The molecule has 7 rings (SSSR count). The summed E-state index contributed by atoms with van der Waals surface area (Å²) >= 11 is 0. The fourth-order valence-corrected chi connectivity index (χ4v) is 5.16. The zero-order chi connectivity index (χ0) is 25.3. The van der Waals surface area contributed by atoms with E-state index in [4.69, 9.17) is 8.53 Å². The van der Waals surface area contributed by atoms with Gasteiger partial charge in [0.05, 0.1) is 5.69 Å². The Morgan fingerprint density at radius 2 is 1.65 bits per heavy atom. The summed E-state index contributed by atoms with van der Waals surface area (Å²) in [5, 5.41) is 5.83. The van der Waals surface area contributed by atoms with E-state index in [0.29, 0.717) is 0 Å². The molecule has 0 saturated heterocycles. The van der Waals surface area contributed by atoms with Gasteiger partial charge in [0.2, 0.25) is 0 Å². The van der Waals surface area contributed by atoms with E-state index in [0.717, 1.165) is 66.8 Å². The van der Waals surface area contributed by atoms with Crippen LogP contribution in [0.4, 0.5) is 11.4 Å². The minimum absolute atomic E-state index is 0.232. The predicted molar refractivity (Wildman–Crippen MR) is 141 cm³/mol. The first-order valence-electron chi connectivity index (χ1n) is 12.8. The molecule has 1 aliphatic rings. The molecule has 0 atom stereocenters. The van der Waals surface area contributed by atoms with Crippen molar-refractivity contribution < 1.29 is 8.53 Å². The number of pyridine rings is 1. The van der Waals surface area contributed by atoms with Crippen LogP contribution < -0.4 is 5.32 Å². The number of aryl methyl sites for hydroxylation is 1. The van der Waals surface area contributed by atoms with Gasteiger partial charge in [0.25, 0.3) is 0 Å². The molecule has 162 valence electrons. The quantitative estimate of drug-likeness (QED) is 0.277. The molecule has 4 aromatic carbocycles. The number of hydrogen-bond donors (Lipinski definition) is 1. The van der Waals surface area contributed by atoms with Crippen molar-refractivity contribution in [3.8, 4) is 33.5 Å². The minimum atomic E-state index is -2.18. The van der Waals surface area contributed by atoms with Gasteiger partial charge in [-0.25, -0.2) is 0 Å². The summed E-state index contributed by atoms with van der Waals surface area (Å²) in [6.45, 7) is -0.00579. The second-order valence-corrected chi connectivity index (χ2v) is 8.76. The third kappa shape index (κ3) is 2.74. The van der Waals surface area contributed by atoms with Gasteiger partial charge >= 0.3 is 0 Å². The monoisotopic (exact) mass is 441 g/mol. The summed E-state index contributed by atoms with van der Waals surface area (Å²) in [6, 6.07) is 28.3. The number of hydrogen-bond acceptors (Lipinski definition) is 3. The molecular formula is C31H22N2O. The highest BCUT2D eigenvalue weighted by atomic mass is 16.3. The Bertz CT molecular complexity index is 1850. The molecule has 0 radical (unpaired) electrons. The maximum absolute atomic E-state index is 7.66. The van der Waals surface area contributed by atoms with Crippen LogP contribution in [-0.2, 0) is 0 Å². The number of nitrogens with zero attached hydrogens (tertiary/aromatic N) is 1. The summed E-state index contributed by atoms with van der Waals surface area (Å²) in [6.07, 6.45) is 1.45.